The van der Waals surface area contributed by atoms with Gasteiger partial charge in [-0.25, -0.2) is 0 Å². The highest BCUT2D eigenvalue weighted by molar-refractivity contribution is 4.55. The van der Waals surface area contributed by atoms with Crippen LogP contribution >= 0.6 is 0 Å². The Bertz CT molecular complexity index is 44.0. The normalized spacial score (nSPS) is 18.0. The van der Waals surface area contributed by atoms with Crippen LogP contribution in [-0.4, -0.2) is 19.1 Å². The average Bonchev–Trinajstić information content (AvgIpc) is 1.90. The van der Waals surface area contributed by atoms with Crippen LogP contribution in [0.3, 0.4) is 0 Å². The Morgan fingerprint density at radius 2 is 1.50 bits per heavy atom. The van der Waals surface area contributed by atoms with Crippen LogP contribution in [0.15, 0.2) is 0 Å². The van der Waals surface area contributed by atoms with E-state index in [1.54, 1.807) is 0 Å². The molecule has 1 aliphatic heterocycles. The SMILES string of the molecule is C1CCNCC1.CC(C)N. The van der Waals surface area contributed by atoms with Crippen molar-refractivity contribution in [1.29, 1.82) is 0 Å². The fraction of sp³-hybridized carbons (Fsp3) is 1.00. The van der Waals surface area contributed by atoms with Gasteiger partial charge in [0.15, 0.2) is 0 Å². The first-order valence-electron chi connectivity index (χ1n) is 4.20. The summed E-state index contributed by atoms with van der Waals surface area (Å²) in [5, 5.41) is 3.28. The maximum atomic E-state index is 5.11. The minimum atomic E-state index is 0.333. The summed E-state index contributed by atoms with van der Waals surface area (Å²) in [6, 6.07) is 0.333. The second kappa shape index (κ2) is 7.03. The van der Waals surface area contributed by atoms with Crippen LogP contribution in [0.2, 0.25) is 0 Å². The molecule has 0 atom stereocenters. The summed E-state index contributed by atoms with van der Waals surface area (Å²) >= 11 is 0. The van der Waals surface area contributed by atoms with Crippen molar-refractivity contribution in [2.75, 3.05) is 13.1 Å². The first-order chi connectivity index (χ1) is 4.73. The summed E-state index contributed by atoms with van der Waals surface area (Å²) in [6.07, 6.45) is 4.22. The van der Waals surface area contributed by atoms with Crippen LogP contribution in [0.5, 0.6) is 0 Å². The standard InChI is InChI=1S/C5H11N.C3H9N/c1-2-4-6-5-3-1;1-3(2)4/h6H,1-5H2;3H,4H2,1-2H3. The second-order valence-corrected chi connectivity index (χ2v) is 3.05. The molecule has 10 heavy (non-hydrogen) atoms. The molecule has 0 unspecified atom stereocenters. The van der Waals surface area contributed by atoms with E-state index in [0.717, 1.165) is 0 Å². The molecule has 3 N–H and O–H groups in total. The van der Waals surface area contributed by atoms with Gasteiger partial charge in [-0.15, -0.1) is 0 Å². The molecule has 0 aromatic carbocycles. The van der Waals surface area contributed by atoms with Crippen LogP contribution in [-0.2, 0) is 0 Å². The molecule has 0 aromatic rings. The van der Waals surface area contributed by atoms with Gasteiger partial charge in [0.05, 0.1) is 0 Å². The Hall–Kier alpha value is -0.0800. The van der Waals surface area contributed by atoms with E-state index in [9.17, 15) is 0 Å². The first kappa shape index (κ1) is 9.92. The first-order valence-corrected chi connectivity index (χ1v) is 4.20. The van der Waals surface area contributed by atoms with Gasteiger partial charge in [-0.2, -0.15) is 0 Å². The summed E-state index contributed by atoms with van der Waals surface area (Å²) < 4.78 is 0. The molecule has 0 spiro atoms. The van der Waals surface area contributed by atoms with Crippen molar-refractivity contribution in [2.24, 2.45) is 5.73 Å². The van der Waals surface area contributed by atoms with Crippen molar-refractivity contribution >= 4 is 0 Å². The van der Waals surface area contributed by atoms with Gasteiger partial charge < -0.3 is 11.1 Å². The van der Waals surface area contributed by atoms with Crippen LogP contribution in [0.1, 0.15) is 33.1 Å². The molecule has 62 valence electrons. The highest BCUT2D eigenvalue weighted by atomic mass is 14.9. The zero-order chi connectivity index (χ0) is 7.82. The summed E-state index contributed by atoms with van der Waals surface area (Å²) in [5.74, 6) is 0. The number of rotatable bonds is 0. The quantitative estimate of drug-likeness (QED) is 0.534. The molecule has 2 heteroatoms. The van der Waals surface area contributed by atoms with Gasteiger partial charge >= 0.3 is 0 Å². The van der Waals surface area contributed by atoms with E-state index in [1.807, 2.05) is 13.8 Å². The third-order valence-electron chi connectivity index (χ3n) is 1.21. The molecular formula is C8H20N2. The third-order valence-corrected chi connectivity index (χ3v) is 1.21. The van der Waals surface area contributed by atoms with Gasteiger partial charge in [-0.3, -0.25) is 0 Å². The Kier molecular flexibility index (Phi) is 6.98. The smallest absolute Gasteiger partial charge is 0.00179 e. The lowest BCUT2D eigenvalue weighted by Gasteiger charge is -2.08. The monoisotopic (exact) mass is 144 g/mol. The van der Waals surface area contributed by atoms with Gasteiger partial charge in [-0.05, 0) is 32.0 Å². The van der Waals surface area contributed by atoms with Gasteiger partial charge in [0.1, 0.15) is 0 Å². The van der Waals surface area contributed by atoms with Gasteiger partial charge in [0, 0.05) is 0 Å². The molecule has 0 aliphatic carbocycles. The van der Waals surface area contributed by atoms with Crippen molar-refractivity contribution < 1.29 is 0 Å². The highest BCUT2D eigenvalue weighted by Gasteiger charge is 1.93. The van der Waals surface area contributed by atoms with E-state index >= 15 is 0 Å². The molecule has 0 saturated carbocycles. The van der Waals surface area contributed by atoms with Crippen molar-refractivity contribution in [3.05, 3.63) is 0 Å². The van der Waals surface area contributed by atoms with E-state index in [2.05, 4.69) is 5.32 Å². The third kappa shape index (κ3) is 10.8. The van der Waals surface area contributed by atoms with Gasteiger partial charge in [0.2, 0.25) is 0 Å². The van der Waals surface area contributed by atoms with Crippen molar-refractivity contribution in [3.8, 4) is 0 Å². The zero-order valence-corrected chi connectivity index (χ0v) is 7.19. The molecule has 1 fully saturated rings. The van der Waals surface area contributed by atoms with E-state index in [4.69, 9.17) is 5.73 Å². The highest BCUT2D eigenvalue weighted by Crippen LogP contribution is 1.96. The molecule has 1 aliphatic rings. The largest absolute Gasteiger partial charge is 0.328 e. The topological polar surface area (TPSA) is 38.0 Å². The molecule has 1 saturated heterocycles. The fourth-order valence-electron chi connectivity index (χ4n) is 0.802. The summed E-state index contributed by atoms with van der Waals surface area (Å²) in [7, 11) is 0. The fourth-order valence-corrected chi connectivity index (χ4v) is 0.802. The summed E-state index contributed by atoms with van der Waals surface area (Å²) in [6.45, 7) is 6.39. The van der Waals surface area contributed by atoms with Crippen molar-refractivity contribution in [1.82, 2.24) is 5.32 Å². The zero-order valence-electron chi connectivity index (χ0n) is 7.19. The number of piperidine rings is 1. The Labute approximate surface area is 64.2 Å². The lowest BCUT2D eigenvalue weighted by atomic mass is 10.2. The maximum absolute atomic E-state index is 5.11. The molecule has 1 heterocycles. The van der Waals surface area contributed by atoms with Crippen molar-refractivity contribution in [2.45, 2.75) is 39.2 Å². The van der Waals surface area contributed by atoms with E-state index in [1.165, 1.54) is 32.4 Å². The predicted molar refractivity (Wildman–Crippen MR) is 46.0 cm³/mol. The maximum Gasteiger partial charge on any atom is -0.00179 e. The molecule has 0 amide bonds. The molecular weight excluding hydrogens is 124 g/mol. The average molecular weight is 144 g/mol. The van der Waals surface area contributed by atoms with E-state index in [0.29, 0.717) is 6.04 Å². The van der Waals surface area contributed by atoms with Gasteiger partial charge in [0.25, 0.3) is 0 Å². The lowest BCUT2D eigenvalue weighted by Crippen LogP contribution is -2.21. The number of hydrogen-bond acceptors (Lipinski definition) is 2. The van der Waals surface area contributed by atoms with Crippen LogP contribution in [0.25, 0.3) is 0 Å². The van der Waals surface area contributed by atoms with E-state index in [-0.39, 0.29) is 0 Å². The molecule has 0 bridgehead atoms. The van der Waals surface area contributed by atoms with Crippen LogP contribution in [0, 0.1) is 0 Å². The minimum Gasteiger partial charge on any atom is -0.328 e. The van der Waals surface area contributed by atoms with Crippen LogP contribution < -0.4 is 11.1 Å². The molecule has 1 rings (SSSR count). The predicted octanol–water partition coefficient (Wildman–Crippen LogP) is 1.11. The summed E-state index contributed by atoms with van der Waals surface area (Å²) in [4.78, 5) is 0. The number of nitrogens with one attached hydrogen (secondary N) is 1. The summed E-state index contributed by atoms with van der Waals surface area (Å²) in [5.41, 5.74) is 5.11. The lowest BCUT2D eigenvalue weighted by molar-refractivity contribution is 0.520. The Balaban J connectivity index is 0.000000180. The number of nitrogens with two attached hydrogens (primary N) is 1. The molecule has 0 aromatic heterocycles. The Morgan fingerprint density at radius 3 is 1.60 bits per heavy atom. The van der Waals surface area contributed by atoms with Gasteiger partial charge in [-0.1, -0.05) is 20.3 Å². The van der Waals surface area contributed by atoms with Crippen LogP contribution in [0.4, 0.5) is 0 Å². The second-order valence-electron chi connectivity index (χ2n) is 3.05. The minimum absolute atomic E-state index is 0.333. The van der Waals surface area contributed by atoms with Crippen molar-refractivity contribution in [3.63, 3.8) is 0 Å². The number of hydrogen-bond donors (Lipinski definition) is 2. The Morgan fingerprint density at radius 1 is 1.10 bits per heavy atom. The molecule has 0 radical (unpaired) electrons. The van der Waals surface area contributed by atoms with E-state index < -0.39 is 0 Å². The molecule has 2 nitrogen and oxygen atoms in total.